The van der Waals surface area contributed by atoms with Crippen molar-refractivity contribution in [1.29, 1.82) is 0 Å². The van der Waals surface area contributed by atoms with Crippen molar-refractivity contribution in [3.63, 3.8) is 0 Å². The molecule has 0 saturated carbocycles. The second kappa shape index (κ2) is 16.3. The molecular weight excluding hydrogens is 166 g/mol. The first-order valence-electron chi connectivity index (χ1n) is 3.00. The summed E-state index contributed by atoms with van der Waals surface area (Å²) in [7, 11) is -1.08. The van der Waals surface area contributed by atoms with Gasteiger partial charge in [0.1, 0.15) is 0 Å². The van der Waals surface area contributed by atoms with Crippen LogP contribution >= 0.6 is 8.69 Å². The maximum absolute atomic E-state index is 8.35. The molecular formula is C4H12AlN2O2P. The molecule has 0 heterocycles. The van der Waals surface area contributed by atoms with Gasteiger partial charge in [-0.15, -0.1) is 0 Å². The van der Waals surface area contributed by atoms with E-state index in [0.29, 0.717) is 15.2 Å². The van der Waals surface area contributed by atoms with Gasteiger partial charge >= 0.3 is 50.3 Å². The summed E-state index contributed by atoms with van der Waals surface area (Å²) in [4.78, 5) is 8.35. The van der Waals surface area contributed by atoms with Crippen molar-refractivity contribution >= 4 is 23.9 Å². The quantitative estimate of drug-likeness (QED) is 0.328. The molecule has 58 valence electrons. The Kier molecular flexibility index (Phi) is 21.3. The summed E-state index contributed by atoms with van der Waals surface area (Å²) < 4.78 is 8.35. The van der Waals surface area contributed by atoms with Gasteiger partial charge in [-0.1, -0.05) is 0 Å². The summed E-state index contributed by atoms with van der Waals surface area (Å²) in [5.74, 6) is 0. The third-order valence-electron chi connectivity index (χ3n) is 0.742. The smallest absolute Gasteiger partial charge is 0.0642 e. The molecule has 0 aliphatic carbocycles. The molecule has 0 saturated heterocycles. The molecule has 0 bridgehead atoms. The average molecular weight is 178 g/mol. The predicted molar refractivity (Wildman–Crippen MR) is 41.1 cm³/mol. The van der Waals surface area contributed by atoms with Gasteiger partial charge in [-0.25, -0.2) is 0 Å². The molecule has 0 fully saturated rings. The molecule has 6 heteroatoms. The molecule has 0 amide bonds. The van der Waals surface area contributed by atoms with E-state index < -0.39 is 8.69 Å². The van der Waals surface area contributed by atoms with Crippen LogP contribution in [0.1, 0.15) is 0 Å². The van der Waals surface area contributed by atoms with E-state index in [4.69, 9.17) is 20.9 Å². The molecule has 10 heavy (non-hydrogen) atoms. The zero-order valence-electron chi connectivity index (χ0n) is 5.82. The second-order valence-corrected chi connectivity index (χ2v) is 3.40. The molecule has 0 rings (SSSR count). The van der Waals surface area contributed by atoms with Crippen molar-refractivity contribution in [2.24, 2.45) is 11.5 Å². The van der Waals surface area contributed by atoms with Crippen LogP contribution in [-0.2, 0) is 4.57 Å². The Morgan fingerprint density at radius 3 is 1.80 bits per heavy atom. The molecule has 0 aromatic rings. The summed E-state index contributed by atoms with van der Waals surface area (Å²) in [5.41, 5.74) is 10.5. The molecule has 0 atom stereocenters. The van der Waals surface area contributed by atoms with Gasteiger partial charge in [-0.3, -0.25) is 4.57 Å². The van der Waals surface area contributed by atoms with E-state index in [-0.39, 0.29) is 0 Å². The van der Waals surface area contributed by atoms with Crippen LogP contribution in [0.3, 0.4) is 0 Å². The van der Waals surface area contributed by atoms with Crippen molar-refractivity contribution < 1.29 is 9.46 Å². The van der Waals surface area contributed by atoms with Crippen LogP contribution in [0.2, 0.25) is 10.6 Å². The van der Waals surface area contributed by atoms with Gasteiger partial charge < -0.3 is 4.89 Å². The van der Waals surface area contributed by atoms with Crippen LogP contribution in [0.5, 0.6) is 0 Å². The van der Waals surface area contributed by atoms with E-state index in [1.807, 2.05) is 0 Å². The third kappa shape index (κ3) is 23.6. The van der Waals surface area contributed by atoms with Gasteiger partial charge in [0.05, 0.1) is 8.69 Å². The van der Waals surface area contributed by atoms with Crippen LogP contribution in [0.25, 0.3) is 0 Å². The molecule has 0 aromatic heterocycles. The fraction of sp³-hybridized carbons (Fsp3) is 1.00. The monoisotopic (exact) mass is 178 g/mol. The van der Waals surface area contributed by atoms with Gasteiger partial charge in [0.25, 0.3) is 0 Å². The first kappa shape index (κ1) is 13.1. The third-order valence-corrected chi connectivity index (χ3v) is 2.22. The summed E-state index contributed by atoms with van der Waals surface area (Å²) in [6.07, 6.45) is 0. The first-order valence-corrected chi connectivity index (χ1v) is 5.36. The van der Waals surface area contributed by atoms with E-state index in [1.165, 1.54) is 10.6 Å². The van der Waals surface area contributed by atoms with Gasteiger partial charge in [0, 0.05) is 0 Å². The molecule has 4 N–H and O–H groups in total. The van der Waals surface area contributed by atoms with Crippen LogP contribution in [0.15, 0.2) is 0 Å². The van der Waals surface area contributed by atoms with E-state index in [0.717, 1.165) is 13.1 Å². The topological polar surface area (TPSA) is 92.2 Å². The second-order valence-electron chi connectivity index (χ2n) is 1.52. The maximum Gasteiger partial charge on any atom is 0.0642 e. The fourth-order valence-electron chi connectivity index (χ4n) is 0.380. The fourth-order valence-corrected chi connectivity index (χ4v) is 1.14. The van der Waals surface area contributed by atoms with Gasteiger partial charge in [0.15, 0.2) is 0 Å². The van der Waals surface area contributed by atoms with Crippen molar-refractivity contribution in [3.8, 4) is 0 Å². The SMILES string of the molecule is NC[CH2][Al+][CH2]CN.O=P[O-]. The zero-order valence-corrected chi connectivity index (χ0v) is 7.87. The Hall–Kier alpha value is 0.512. The zero-order chi connectivity index (χ0) is 8.24. The summed E-state index contributed by atoms with van der Waals surface area (Å²) in [6.45, 7) is 1.69. The minimum atomic E-state index is -1.08. The maximum atomic E-state index is 8.35. The molecule has 0 aliphatic rings. The Balaban J connectivity index is 0. The normalized spacial score (nSPS) is 7.90. The number of hydrogen-bond acceptors (Lipinski definition) is 4. The Labute approximate surface area is 69.0 Å². The molecule has 0 aliphatic heterocycles. The summed E-state index contributed by atoms with van der Waals surface area (Å²) >= 11 is 0.572. The van der Waals surface area contributed by atoms with Gasteiger partial charge in [0.2, 0.25) is 0 Å². The van der Waals surface area contributed by atoms with Crippen LogP contribution in [0.4, 0.5) is 0 Å². The minimum absolute atomic E-state index is 0.572. The molecule has 0 spiro atoms. The van der Waals surface area contributed by atoms with E-state index in [2.05, 4.69) is 0 Å². The Morgan fingerprint density at radius 1 is 1.30 bits per heavy atom. The van der Waals surface area contributed by atoms with Crippen LogP contribution in [-0.4, -0.2) is 28.3 Å². The summed E-state index contributed by atoms with van der Waals surface area (Å²) in [5, 5.41) is 2.41. The minimum Gasteiger partial charge on any atom is -0.772 e. The largest absolute Gasteiger partial charge is 0.772 e. The predicted octanol–water partition coefficient (Wildman–Crippen LogP) is -1.00. The van der Waals surface area contributed by atoms with Crippen molar-refractivity contribution in [3.05, 3.63) is 0 Å². The molecule has 4 nitrogen and oxygen atoms in total. The van der Waals surface area contributed by atoms with Gasteiger partial charge in [-0.05, 0) is 0 Å². The van der Waals surface area contributed by atoms with Crippen LogP contribution in [0, 0.1) is 0 Å². The van der Waals surface area contributed by atoms with Crippen LogP contribution < -0.4 is 16.4 Å². The number of rotatable bonds is 4. The van der Waals surface area contributed by atoms with E-state index in [9.17, 15) is 0 Å². The standard InChI is InChI=1S/2C2H6N.Al.HO2P/c2*1-2-3;;1-3-2/h2*1-3H2;;(H,1,2)/q;;+1;/p-1. The molecule has 0 radical (unpaired) electrons. The van der Waals surface area contributed by atoms with Crippen molar-refractivity contribution in [2.75, 3.05) is 13.1 Å². The van der Waals surface area contributed by atoms with Crippen molar-refractivity contribution in [1.82, 2.24) is 0 Å². The summed E-state index contributed by atoms with van der Waals surface area (Å²) in [6, 6.07) is 0. The number of hydrogen-bond donors (Lipinski definition) is 2. The molecule has 0 aromatic carbocycles. The average Bonchev–Trinajstić information content (AvgIpc) is 1.91. The van der Waals surface area contributed by atoms with Crippen molar-refractivity contribution in [2.45, 2.75) is 10.6 Å². The number of nitrogens with two attached hydrogens (primary N) is 2. The first-order chi connectivity index (χ1) is 4.83. The van der Waals surface area contributed by atoms with E-state index >= 15 is 0 Å². The Bertz CT molecular complexity index is 63.2. The Morgan fingerprint density at radius 2 is 1.60 bits per heavy atom. The molecule has 0 unspecified atom stereocenters. The van der Waals surface area contributed by atoms with E-state index in [1.54, 1.807) is 0 Å². The van der Waals surface area contributed by atoms with Gasteiger partial charge in [-0.2, -0.15) is 0 Å².